The zero-order valence-electron chi connectivity index (χ0n) is 13.3. The van der Waals surface area contributed by atoms with Gasteiger partial charge in [-0.1, -0.05) is 42.5 Å². The highest BCUT2D eigenvalue weighted by Gasteiger charge is 2.30. The first kappa shape index (κ1) is 14.4. The molecule has 1 amide bonds. The molecule has 0 radical (unpaired) electrons. The van der Waals surface area contributed by atoms with E-state index in [2.05, 4.69) is 14.5 Å². The van der Waals surface area contributed by atoms with E-state index in [1.54, 1.807) is 4.90 Å². The molecule has 0 bridgehead atoms. The van der Waals surface area contributed by atoms with Gasteiger partial charge in [0.15, 0.2) is 0 Å². The van der Waals surface area contributed by atoms with Crippen LogP contribution in [0.2, 0.25) is 0 Å². The number of amides is 1. The molecule has 0 unspecified atom stereocenters. The van der Waals surface area contributed by atoms with Gasteiger partial charge in [0.25, 0.3) is 5.91 Å². The maximum atomic E-state index is 12.9. The molecule has 1 aliphatic heterocycles. The second kappa shape index (κ2) is 5.53. The number of hydrogen-bond donors (Lipinski definition) is 0. The lowest BCUT2D eigenvalue weighted by atomic mass is 10.2. The molecule has 2 aromatic carbocycles. The van der Waals surface area contributed by atoms with Gasteiger partial charge in [0.1, 0.15) is 10.7 Å². The number of anilines is 1. The lowest BCUT2D eigenvalue weighted by Gasteiger charge is -2.11. The monoisotopic (exact) mass is 346 g/mol. The van der Waals surface area contributed by atoms with Crippen LogP contribution in [0, 0.1) is 0 Å². The molecule has 0 spiro atoms. The lowest BCUT2D eigenvalue weighted by Crippen LogP contribution is -2.29. The summed E-state index contributed by atoms with van der Waals surface area (Å²) < 4.78 is 2.09. The van der Waals surface area contributed by atoms with Crippen LogP contribution in [0.4, 0.5) is 5.95 Å². The average Bonchev–Trinajstić information content (AvgIpc) is 3.37. The largest absolute Gasteiger partial charge is 0.308 e. The number of aromatic nitrogens is 3. The fourth-order valence-corrected chi connectivity index (χ4v) is 4.01. The van der Waals surface area contributed by atoms with Gasteiger partial charge >= 0.3 is 0 Å². The van der Waals surface area contributed by atoms with E-state index in [4.69, 9.17) is 0 Å². The van der Waals surface area contributed by atoms with Crippen molar-refractivity contribution in [3.8, 4) is 10.6 Å². The number of rotatable bonds is 2. The van der Waals surface area contributed by atoms with Gasteiger partial charge in [0, 0.05) is 24.0 Å². The fourth-order valence-electron chi connectivity index (χ4n) is 3.21. The molecule has 25 heavy (non-hydrogen) atoms. The van der Waals surface area contributed by atoms with Crippen LogP contribution in [0.1, 0.15) is 10.5 Å². The Morgan fingerprint density at radius 3 is 2.64 bits per heavy atom. The fraction of sp³-hybridized carbons (Fsp3) is 0.105. The zero-order valence-corrected chi connectivity index (χ0v) is 14.1. The molecule has 0 N–H and O–H groups in total. The number of thiazole rings is 1. The average molecular weight is 346 g/mol. The third-order valence-electron chi connectivity index (χ3n) is 4.41. The molecule has 0 fully saturated rings. The van der Waals surface area contributed by atoms with Crippen LogP contribution in [0.25, 0.3) is 21.6 Å². The van der Waals surface area contributed by atoms with E-state index in [0.29, 0.717) is 18.2 Å². The van der Waals surface area contributed by atoms with Gasteiger partial charge < -0.3 is 4.57 Å². The summed E-state index contributed by atoms with van der Waals surface area (Å²) in [7, 11) is 0. The van der Waals surface area contributed by atoms with E-state index < -0.39 is 0 Å². The van der Waals surface area contributed by atoms with Crippen LogP contribution >= 0.6 is 11.3 Å². The van der Waals surface area contributed by atoms with E-state index in [0.717, 1.165) is 28.1 Å². The van der Waals surface area contributed by atoms with E-state index in [-0.39, 0.29) is 5.91 Å². The van der Waals surface area contributed by atoms with Crippen molar-refractivity contribution >= 4 is 34.2 Å². The Kier molecular flexibility index (Phi) is 3.18. The molecular weight excluding hydrogens is 332 g/mol. The quantitative estimate of drug-likeness (QED) is 0.554. The predicted octanol–water partition coefficient (Wildman–Crippen LogP) is 3.82. The number of hydrogen-bond acceptors (Lipinski definition) is 4. The van der Waals surface area contributed by atoms with Crippen LogP contribution in [-0.2, 0) is 6.54 Å². The van der Waals surface area contributed by atoms with Crippen molar-refractivity contribution in [2.24, 2.45) is 0 Å². The standard InChI is InChI=1S/C19H14N4OS/c24-18(15-12-25-17(20-15)13-6-2-1-3-7-13)23-11-10-22-16-9-5-4-8-14(16)21-19(22)23/h1-9,12H,10-11H2. The first-order valence-electron chi connectivity index (χ1n) is 8.09. The normalized spacial score (nSPS) is 13.4. The summed E-state index contributed by atoms with van der Waals surface area (Å²) in [5.74, 6) is 0.618. The van der Waals surface area contributed by atoms with E-state index in [9.17, 15) is 4.79 Å². The molecule has 0 saturated carbocycles. The Balaban J connectivity index is 1.50. The van der Waals surface area contributed by atoms with E-state index >= 15 is 0 Å². The highest BCUT2D eigenvalue weighted by Crippen LogP contribution is 2.29. The predicted molar refractivity (Wildman–Crippen MR) is 99.0 cm³/mol. The van der Waals surface area contributed by atoms with Crippen LogP contribution in [-0.4, -0.2) is 27.0 Å². The third-order valence-corrected chi connectivity index (χ3v) is 5.30. The summed E-state index contributed by atoms with van der Waals surface area (Å²) in [6, 6.07) is 17.9. The van der Waals surface area contributed by atoms with Crippen molar-refractivity contribution in [2.75, 3.05) is 11.4 Å². The first-order chi connectivity index (χ1) is 12.3. The second-order valence-corrected chi connectivity index (χ2v) is 6.77. The van der Waals surface area contributed by atoms with Crippen molar-refractivity contribution in [1.29, 1.82) is 0 Å². The van der Waals surface area contributed by atoms with Crippen LogP contribution in [0.5, 0.6) is 0 Å². The van der Waals surface area contributed by atoms with Crippen LogP contribution in [0.15, 0.2) is 60.0 Å². The maximum absolute atomic E-state index is 12.9. The van der Waals surface area contributed by atoms with Crippen LogP contribution < -0.4 is 4.90 Å². The molecule has 5 nitrogen and oxygen atoms in total. The van der Waals surface area contributed by atoms with Gasteiger partial charge in [-0.25, -0.2) is 9.97 Å². The van der Waals surface area contributed by atoms with Crippen molar-refractivity contribution in [1.82, 2.24) is 14.5 Å². The Hall–Kier alpha value is -2.99. The van der Waals surface area contributed by atoms with Crippen molar-refractivity contribution in [3.63, 3.8) is 0 Å². The second-order valence-electron chi connectivity index (χ2n) is 5.91. The summed E-state index contributed by atoms with van der Waals surface area (Å²) >= 11 is 1.49. The molecule has 1 aliphatic rings. The van der Waals surface area contributed by atoms with Gasteiger partial charge in [0.2, 0.25) is 5.95 Å². The number of para-hydroxylation sites is 2. The summed E-state index contributed by atoms with van der Waals surface area (Å²) in [5.41, 5.74) is 3.49. The number of imidazole rings is 1. The van der Waals surface area contributed by atoms with Crippen molar-refractivity contribution in [2.45, 2.75) is 6.54 Å². The van der Waals surface area contributed by atoms with Crippen LogP contribution in [0.3, 0.4) is 0 Å². The van der Waals surface area contributed by atoms with Gasteiger partial charge in [-0.15, -0.1) is 11.3 Å². The molecule has 2 aromatic heterocycles. The third kappa shape index (κ3) is 2.26. The van der Waals surface area contributed by atoms with Gasteiger partial charge in [-0.3, -0.25) is 9.69 Å². The maximum Gasteiger partial charge on any atom is 0.280 e. The first-order valence-corrected chi connectivity index (χ1v) is 8.97. The summed E-state index contributed by atoms with van der Waals surface area (Å²) in [5, 5.41) is 2.69. The van der Waals surface area contributed by atoms with E-state index in [1.165, 1.54) is 11.3 Å². The Bertz CT molecular complexity index is 1080. The highest BCUT2D eigenvalue weighted by atomic mass is 32.1. The minimum Gasteiger partial charge on any atom is -0.308 e. The number of benzene rings is 2. The molecule has 0 atom stereocenters. The lowest BCUT2D eigenvalue weighted by molar-refractivity contribution is 0.0984. The Morgan fingerprint density at radius 1 is 0.960 bits per heavy atom. The molecule has 6 heteroatoms. The minimum absolute atomic E-state index is 0.0903. The Morgan fingerprint density at radius 2 is 1.76 bits per heavy atom. The summed E-state index contributed by atoms with van der Waals surface area (Å²) in [6.07, 6.45) is 0. The van der Waals surface area contributed by atoms with Gasteiger partial charge in [-0.05, 0) is 12.1 Å². The number of carbonyl (C=O) groups excluding carboxylic acids is 1. The summed E-state index contributed by atoms with van der Waals surface area (Å²) in [6.45, 7) is 1.39. The minimum atomic E-state index is -0.0903. The smallest absolute Gasteiger partial charge is 0.280 e. The van der Waals surface area contributed by atoms with Gasteiger partial charge in [0.05, 0.1) is 11.0 Å². The SMILES string of the molecule is O=C(c1csc(-c2ccccc2)n1)N1CCn2c1nc1ccccc12. The molecular formula is C19H14N4OS. The highest BCUT2D eigenvalue weighted by molar-refractivity contribution is 7.13. The molecule has 5 rings (SSSR count). The van der Waals surface area contributed by atoms with Crippen molar-refractivity contribution < 1.29 is 4.79 Å². The Labute approximate surface area is 148 Å². The molecule has 0 aliphatic carbocycles. The molecule has 122 valence electrons. The molecule has 0 saturated heterocycles. The summed E-state index contributed by atoms with van der Waals surface area (Å²) in [4.78, 5) is 23.8. The zero-order chi connectivity index (χ0) is 16.8. The van der Waals surface area contributed by atoms with Crippen molar-refractivity contribution in [3.05, 3.63) is 65.7 Å². The molecule has 4 aromatic rings. The number of carbonyl (C=O) groups is 1. The number of nitrogens with zero attached hydrogens (tertiary/aromatic N) is 4. The molecule has 3 heterocycles. The van der Waals surface area contributed by atoms with E-state index in [1.807, 2.05) is 60.0 Å². The number of fused-ring (bicyclic) bond motifs is 3. The van der Waals surface area contributed by atoms with Gasteiger partial charge in [-0.2, -0.15) is 0 Å². The topological polar surface area (TPSA) is 51.0 Å².